The third-order valence-electron chi connectivity index (χ3n) is 3.80. The van der Waals surface area contributed by atoms with Crippen molar-refractivity contribution in [3.63, 3.8) is 0 Å². The van der Waals surface area contributed by atoms with Crippen molar-refractivity contribution in [1.82, 2.24) is 0 Å². The van der Waals surface area contributed by atoms with Crippen LogP contribution < -0.4 is 0 Å². The van der Waals surface area contributed by atoms with E-state index in [9.17, 15) is 5.11 Å². The maximum absolute atomic E-state index is 10.0. The van der Waals surface area contributed by atoms with Gasteiger partial charge in [0.15, 0.2) is 0 Å². The van der Waals surface area contributed by atoms with E-state index in [1.165, 1.54) is 25.7 Å². The molecule has 0 aromatic heterocycles. The molecule has 0 aromatic rings. The first-order valence-electron chi connectivity index (χ1n) is 6.09. The van der Waals surface area contributed by atoms with Gasteiger partial charge >= 0.3 is 0 Å². The molecule has 1 rings (SSSR count). The lowest BCUT2D eigenvalue weighted by Crippen LogP contribution is -2.29. The van der Waals surface area contributed by atoms with E-state index in [2.05, 4.69) is 27.7 Å². The third-order valence-corrected chi connectivity index (χ3v) is 3.80. The Labute approximate surface area is 88.9 Å². The van der Waals surface area contributed by atoms with Crippen molar-refractivity contribution in [1.29, 1.82) is 0 Å². The van der Waals surface area contributed by atoms with Crippen LogP contribution in [0, 0.1) is 17.3 Å². The average molecular weight is 198 g/mol. The Balaban J connectivity index is 2.35. The molecule has 1 nitrogen and oxygen atoms in total. The van der Waals surface area contributed by atoms with E-state index in [1.807, 2.05) is 0 Å². The SMILES string of the molecule is CC(CC(O)C(C)(C)C)C1CCCC1. The summed E-state index contributed by atoms with van der Waals surface area (Å²) in [7, 11) is 0. The van der Waals surface area contributed by atoms with Crippen LogP contribution in [0.2, 0.25) is 0 Å². The fraction of sp³-hybridized carbons (Fsp3) is 1.00. The number of aliphatic hydroxyl groups is 1. The molecule has 0 spiro atoms. The molecule has 1 N–H and O–H groups in total. The fourth-order valence-corrected chi connectivity index (χ4v) is 2.42. The van der Waals surface area contributed by atoms with Gasteiger partial charge in [0.1, 0.15) is 0 Å². The van der Waals surface area contributed by atoms with Crippen molar-refractivity contribution < 1.29 is 5.11 Å². The molecule has 84 valence electrons. The molecular weight excluding hydrogens is 172 g/mol. The summed E-state index contributed by atoms with van der Waals surface area (Å²) in [6, 6.07) is 0. The predicted octanol–water partition coefficient (Wildman–Crippen LogP) is 3.61. The van der Waals surface area contributed by atoms with E-state index >= 15 is 0 Å². The van der Waals surface area contributed by atoms with E-state index in [-0.39, 0.29) is 11.5 Å². The highest BCUT2D eigenvalue weighted by molar-refractivity contribution is 4.79. The highest BCUT2D eigenvalue weighted by Crippen LogP contribution is 2.35. The number of hydrogen-bond acceptors (Lipinski definition) is 1. The van der Waals surface area contributed by atoms with Crippen molar-refractivity contribution in [2.45, 2.75) is 65.9 Å². The molecule has 1 aliphatic rings. The highest BCUT2D eigenvalue weighted by Gasteiger charge is 2.28. The maximum Gasteiger partial charge on any atom is 0.0591 e. The van der Waals surface area contributed by atoms with Crippen LogP contribution in [0.5, 0.6) is 0 Å². The molecule has 1 aliphatic carbocycles. The molecule has 14 heavy (non-hydrogen) atoms. The Morgan fingerprint density at radius 3 is 2.14 bits per heavy atom. The molecule has 0 aromatic carbocycles. The minimum atomic E-state index is -0.141. The van der Waals surface area contributed by atoms with Crippen molar-refractivity contribution in [2.75, 3.05) is 0 Å². The van der Waals surface area contributed by atoms with Crippen molar-refractivity contribution in [3.05, 3.63) is 0 Å². The van der Waals surface area contributed by atoms with Crippen molar-refractivity contribution >= 4 is 0 Å². The lowest BCUT2D eigenvalue weighted by Gasteiger charge is -2.30. The zero-order valence-electron chi connectivity index (χ0n) is 10.2. The standard InChI is InChI=1S/C13H26O/c1-10(11-7-5-6-8-11)9-12(14)13(2,3)4/h10-12,14H,5-9H2,1-4H3. The Hall–Kier alpha value is -0.0400. The first-order valence-corrected chi connectivity index (χ1v) is 6.09. The van der Waals surface area contributed by atoms with E-state index < -0.39 is 0 Å². The normalized spacial score (nSPS) is 23.8. The minimum Gasteiger partial charge on any atom is -0.393 e. The van der Waals surface area contributed by atoms with Gasteiger partial charge in [-0.15, -0.1) is 0 Å². The number of hydrogen-bond donors (Lipinski definition) is 1. The summed E-state index contributed by atoms with van der Waals surface area (Å²) in [5.41, 5.74) is 0.0485. The summed E-state index contributed by atoms with van der Waals surface area (Å²) in [5, 5.41) is 10.0. The minimum absolute atomic E-state index is 0.0485. The molecule has 1 saturated carbocycles. The van der Waals surface area contributed by atoms with Gasteiger partial charge in [0.05, 0.1) is 6.10 Å². The van der Waals surface area contributed by atoms with Gasteiger partial charge < -0.3 is 5.11 Å². The molecule has 0 aliphatic heterocycles. The van der Waals surface area contributed by atoms with E-state index in [0.29, 0.717) is 5.92 Å². The average Bonchev–Trinajstić information content (AvgIpc) is 2.53. The third kappa shape index (κ3) is 3.27. The van der Waals surface area contributed by atoms with E-state index in [0.717, 1.165) is 12.3 Å². The van der Waals surface area contributed by atoms with Gasteiger partial charge in [-0.2, -0.15) is 0 Å². The largest absolute Gasteiger partial charge is 0.393 e. The predicted molar refractivity (Wildman–Crippen MR) is 61.2 cm³/mol. The van der Waals surface area contributed by atoms with Crippen LogP contribution in [0.1, 0.15) is 59.8 Å². The summed E-state index contributed by atoms with van der Waals surface area (Å²) < 4.78 is 0. The quantitative estimate of drug-likeness (QED) is 0.734. The van der Waals surface area contributed by atoms with Gasteiger partial charge in [-0.1, -0.05) is 53.4 Å². The van der Waals surface area contributed by atoms with Gasteiger partial charge in [0, 0.05) is 0 Å². The van der Waals surface area contributed by atoms with Crippen LogP contribution in [0.4, 0.5) is 0 Å². The lowest BCUT2D eigenvalue weighted by molar-refractivity contribution is 0.0353. The molecule has 0 radical (unpaired) electrons. The molecule has 2 unspecified atom stereocenters. The van der Waals surface area contributed by atoms with Gasteiger partial charge in [-0.05, 0) is 23.7 Å². The molecular formula is C13H26O. The van der Waals surface area contributed by atoms with Gasteiger partial charge in [0.2, 0.25) is 0 Å². The second-order valence-corrected chi connectivity index (χ2v) is 6.14. The lowest BCUT2D eigenvalue weighted by atomic mass is 9.80. The Morgan fingerprint density at radius 2 is 1.71 bits per heavy atom. The van der Waals surface area contributed by atoms with Crippen molar-refractivity contribution in [2.24, 2.45) is 17.3 Å². The summed E-state index contributed by atoms with van der Waals surface area (Å²) in [6.07, 6.45) is 6.42. The molecule has 0 bridgehead atoms. The smallest absolute Gasteiger partial charge is 0.0591 e. The monoisotopic (exact) mass is 198 g/mol. The summed E-state index contributed by atoms with van der Waals surface area (Å²) >= 11 is 0. The Bertz CT molecular complexity index is 163. The number of aliphatic hydroxyl groups excluding tert-OH is 1. The van der Waals surface area contributed by atoms with Crippen LogP contribution in [-0.2, 0) is 0 Å². The van der Waals surface area contributed by atoms with Crippen LogP contribution in [0.25, 0.3) is 0 Å². The second kappa shape index (κ2) is 4.65. The van der Waals surface area contributed by atoms with Crippen LogP contribution in [0.15, 0.2) is 0 Å². The first-order chi connectivity index (χ1) is 6.41. The van der Waals surface area contributed by atoms with Crippen LogP contribution in [0.3, 0.4) is 0 Å². The number of rotatable bonds is 3. The van der Waals surface area contributed by atoms with Crippen LogP contribution >= 0.6 is 0 Å². The Morgan fingerprint density at radius 1 is 1.21 bits per heavy atom. The summed E-state index contributed by atoms with van der Waals surface area (Å²) in [5.74, 6) is 1.58. The van der Waals surface area contributed by atoms with E-state index in [4.69, 9.17) is 0 Å². The molecule has 1 heteroatoms. The zero-order valence-corrected chi connectivity index (χ0v) is 10.2. The second-order valence-electron chi connectivity index (χ2n) is 6.14. The van der Waals surface area contributed by atoms with Gasteiger partial charge in [0.25, 0.3) is 0 Å². The Kier molecular flexibility index (Phi) is 4.00. The molecule has 0 amide bonds. The summed E-state index contributed by atoms with van der Waals surface area (Å²) in [6.45, 7) is 8.68. The molecule has 2 atom stereocenters. The molecule has 1 fully saturated rings. The van der Waals surface area contributed by atoms with E-state index in [1.54, 1.807) is 0 Å². The highest BCUT2D eigenvalue weighted by atomic mass is 16.3. The topological polar surface area (TPSA) is 20.2 Å². The zero-order chi connectivity index (χ0) is 10.8. The summed E-state index contributed by atoms with van der Waals surface area (Å²) in [4.78, 5) is 0. The van der Waals surface area contributed by atoms with Gasteiger partial charge in [-0.25, -0.2) is 0 Å². The van der Waals surface area contributed by atoms with Crippen LogP contribution in [-0.4, -0.2) is 11.2 Å². The first kappa shape index (κ1) is 12.0. The van der Waals surface area contributed by atoms with Crippen molar-refractivity contribution in [3.8, 4) is 0 Å². The maximum atomic E-state index is 10.0. The van der Waals surface area contributed by atoms with Gasteiger partial charge in [-0.3, -0.25) is 0 Å². The molecule has 0 heterocycles. The fourth-order valence-electron chi connectivity index (χ4n) is 2.42. The molecule has 0 saturated heterocycles.